The van der Waals surface area contributed by atoms with Crippen molar-refractivity contribution >= 4 is 0 Å². The van der Waals surface area contributed by atoms with Crippen molar-refractivity contribution in [3.63, 3.8) is 0 Å². The Morgan fingerprint density at radius 2 is 1.69 bits per heavy atom. The number of likely N-dealkylation sites (tertiary alicyclic amines) is 1. The number of allylic oxidation sites excluding steroid dienone is 1. The van der Waals surface area contributed by atoms with E-state index >= 15 is 0 Å². The largest absolute Gasteiger partial charge is 0.282 e. The molecule has 1 aliphatic rings. The first kappa shape index (κ1) is 18.5. The minimum atomic E-state index is 0.293. The monoisotopic (exact) mass is 343 g/mol. The molecule has 3 rings (SSSR count). The van der Waals surface area contributed by atoms with Crippen molar-refractivity contribution in [2.45, 2.75) is 45.3 Å². The molecule has 2 aromatic carbocycles. The van der Waals surface area contributed by atoms with Crippen LogP contribution in [0.2, 0.25) is 0 Å². The van der Waals surface area contributed by atoms with Crippen molar-refractivity contribution in [3.8, 4) is 11.8 Å². The zero-order valence-corrected chi connectivity index (χ0v) is 15.9. The molecule has 1 fully saturated rings. The summed E-state index contributed by atoms with van der Waals surface area (Å²) in [6.07, 6.45) is 4.27. The van der Waals surface area contributed by atoms with Gasteiger partial charge >= 0.3 is 0 Å². The van der Waals surface area contributed by atoms with Gasteiger partial charge in [-0.1, -0.05) is 73.4 Å². The topological polar surface area (TPSA) is 3.24 Å². The molecule has 0 spiro atoms. The van der Waals surface area contributed by atoms with Crippen LogP contribution in [0.5, 0.6) is 0 Å². The predicted octanol–water partition coefficient (Wildman–Crippen LogP) is 5.53. The Bertz CT molecular complexity index is 753. The third-order valence-corrected chi connectivity index (χ3v) is 5.67. The van der Waals surface area contributed by atoms with E-state index in [1.807, 2.05) is 6.07 Å². The summed E-state index contributed by atoms with van der Waals surface area (Å²) >= 11 is 0. The molecule has 1 saturated heterocycles. The number of nitrogens with zero attached hydrogens (tertiary/aromatic N) is 1. The maximum atomic E-state index is 3.98. The van der Waals surface area contributed by atoms with E-state index < -0.39 is 0 Å². The molecule has 0 saturated carbocycles. The molecule has 0 aromatic heterocycles. The van der Waals surface area contributed by atoms with Crippen molar-refractivity contribution in [2.24, 2.45) is 11.8 Å². The Labute approximate surface area is 158 Å². The quantitative estimate of drug-likeness (QED) is 0.521. The average Bonchev–Trinajstić information content (AvgIpc) is 2.67. The molecule has 1 aliphatic heterocycles. The number of piperidine rings is 1. The lowest BCUT2D eigenvalue weighted by molar-refractivity contribution is 0.0331. The summed E-state index contributed by atoms with van der Waals surface area (Å²) in [6, 6.07) is 21.9. The van der Waals surface area contributed by atoms with Crippen molar-refractivity contribution in [3.05, 3.63) is 84.4 Å². The maximum absolute atomic E-state index is 3.98. The Hall–Kier alpha value is -2.30. The summed E-state index contributed by atoms with van der Waals surface area (Å²) in [7, 11) is 0. The number of hydrogen-bond acceptors (Lipinski definition) is 1. The fourth-order valence-corrected chi connectivity index (χ4v) is 4.17. The van der Waals surface area contributed by atoms with E-state index in [-0.39, 0.29) is 0 Å². The molecule has 0 radical (unpaired) electrons. The summed E-state index contributed by atoms with van der Waals surface area (Å²) in [5.41, 5.74) is 2.46. The molecule has 26 heavy (non-hydrogen) atoms. The van der Waals surface area contributed by atoms with Crippen LogP contribution >= 0.6 is 0 Å². The predicted molar refractivity (Wildman–Crippen MR) is 111 cm³/mol. The highest BCUT2D eigenvalue weighted by molar-refractivity contribution is 5.35. The smallest absolute Gasteiger partial charge is 0.0726 e. The summed E-state index contributed by atoms with van der Waals surface area (Å²) in [6.45, 7) is 9.68. The van der Waals surface area contributed by atoms with Crippen molar-refractivity contribution in [1.82, 2.24) is 4.90 Å². The third kappa shape index (κ3) is 4.45. The standard InChI is InChI=1S/C25H29N/c1-4-11-25-20(2)18-24(17-16-22-12-7-5-8-13-22)26(21(25)3)19-23-14-9-6-10-15-23/h4-10,12-15,20-21,24-25H,1,11,18-19H2,2-3H3/t20-,21-,24-,25+/m0/s1. The molecule has 0 amide bonds. The van der Waals surface area contributed by atoms with Gasteiger partial charge in [-0.05, 0) is 49.3 Å². The minimum Gasteiger partial charge on any atom is -0.282 e. The average molecular weight is 344 g/mol. The van der Waals surface area contributed by atoms with Gasteiger partial charge in [-0.15, -0.1) is 6.58 Å². The Morgan fingerprint density at radius 1 is 1.04 bits per heavy atom. The van der Waals surface area contributed by atoms with Gasteiger partial charge in [-0.2, -0.15) is 0 Å². The SMILES string of the molecule is C=CC[C@@H]1[C@@H](C)C[C@H](C#Cc2ccccc2)N(Cc2ccccc2)[C@H]1C. The fourth-order valence-electron chi connectivity index (χ4n) is 4.17. The summed E-state index contributed by atoms with van der Waals surface area (Å²) in [5.74, 6) is 8.29. The van der Waals surface area contributed by atoms with Gasteiger partial charge in [0.2, 0.25) is 0 Å². The van der Waals surface area contributed by atoms with Crippen molar-refractivity contribution < 1.29 is 0 Å². The first-order valence-corrected chi connectivity index (χ1v) is 9.66. The van der Waals surface area contributed by atoms with E-state index in [4.69, 9.17) is 0 Å². The lowest BCUT2D eigenvalue weighted by atomic mass is 9.76. The van der Waals surface area contributed by atoms with E-state index in [9.17, 15) is 0 Å². The molecule has 1 heterocycles. The van der Waals surface area contributed by atoms with Crippen LogP contribution in [0, 0.1) is 23.7 Å². The lowest BCUT2D eigenvalue weighted by Gasteiger charge is -2.46. The van der Waals surface area contributed by atoms with Gasteiger partial charge in [0.25, 0.3) is 0 Å². The van der Waals surface area contributed by atoms with Crippen LogP contribution in [0.3, 0.4) is 0 Å². The number of rotatable bonds is 4. The Kier molecular flexibility index (Phi) is 6.31. The van der Waals surface area contributed by atoms with Gasteiger partial charge in [0.1, 0.15) is 0 Å². The van der Waals surface area contributed by atoms with Gasteiger partial charge < -0.3 is 0 Å². The van der Waals surface area contributed by atoms with Gasteiger partial charge in [0, 0.05) is 18.2 Å². The first-order chi connectivity index (χ1) is 12.7. The van der Waals surface area contributed by atoms with E-state index in [2.05, 4.69) is 97.8 Å². The van der Waals surface area contributed by atoms with Crippen LogP contribution in [0.1, 0.15) is 37.8 Å². The van der Waals surface area contributed by atoms with Crippen LogP contribution < -0.4 is 0 Å². The van der Waals surface area contributed by atoms with E-state index in [1.54, 1.807) is 0 Å². The fraction of sp³-hybridized carbons (Fsp3) is 0.360. The van der Waals surface area contributed by atoms with E-state index in [1.165, 1.54) is 5.56 Å². The molecule has 4 atom stereocenters. The molecular formula is C25H29N. The molecule has 0 N–H and O–H groups in total. The van der Waals surface area contributed by atoms with E-state index in [0.717, 1.165) is 24.9 Å². The second-order valence-electron chi connectivity index (χ2n) is 7.45. The molecule has 1 heteroatoms. The highest BCUT2D eigenvalue weighted by Gasteiger charge is 2.37. The van der Waals surface area contributed by atoms with E-state index in [0.29, 0.717) is 23.9 Å². The third-order valence-electron chi connectivity index (χ3n) is 5.67. The number of benzene rings is 2. The van der Waals surface area contributed by atoms with Crippen LogP contribution in [0.25, 0.3) is 0 Å². The zero-order chi connectivity index (χ0) is 18.4. The summed E-state index contributed by atoms with van der Waals surface area (Å²) < 4.78 is 0. The Morgan fingerprint density at radius 3 is 2.35 bits per heavy atom. The molecule has 1 nitrogen and oxygen atoms in total. The van der Waals surface area contributed by atoms with Crippen LogP contribution in [-0.2, 0) is 6.54 Å². The molecule has 0 aliphatic carbocycles. The molecule has 2 aromatic rings. The normalized spacial score (nSPS) is 25.9. The van der Waals surface area contributed by atoms with Crippen LogP contribution in [-0.4, -0.2) is 17.0 Å². The lowest BCUT2D eigenvalue weighted by Crippen LogP contribution is -2.51. The maximum Gasteiger partial charge on any atom is 0.0726 e. The van der Waals surface area contributed by atoms with Gasteiger partial charge in [-0.3, -0.25) is 4.90 Å². The van der Waals surface area contributed by atoms with Crippen molar-refractivity contribution in [1.29, 1.82) is 0 Å². The van der Waals surface area contributed by atoms with Gasteiger partial charge in [0.05, 0.1) is 6.04 Å². The number of hydrogen-bond donors (Lipinski definition) is 0. The minimum absolute atomic E-state index is 0.293. The summed E-state index contributed by atoms with van der Waals surface area (Å²) in [4.78, 5) is 2.60. The van der Waals surface area contributed by atoms with Crippen LogP contribution in [0.4, 0.5) is 0 Å². The first-order valence-electron chi connectivity index (χ1n) is 9.66. The molecule has 0 bridgehead atoms. The van der Waals surface area contributed by atoms with Crippen molar-refractivity contribution in [2.75, 3.05) is 0 Å². The Balaban J connectivity index is 1.86. The zero-order valence-electron chi connectivity index (χ0n) is 15.9. The molecule has 134 valence electrons. The highest BCUT2D eigenvalue weighted by Crippen LogP contribution is 2.36. The van der Waals surface area contributed by atoms with Gasteiger partial charge in [0.15, 0.2) is 0 Å². The highest BCUT2D eigenvalue weighted by atomic mass is 15.2. The second-order valence-corrected chi connectivity index (χ2v) is 7.45. The molecule has 0 unspecified atom stereocenters. The molecular weight excluding hydrogens is 314 g/mol. The van der Waals surface area contributed by atoms with Crippen LogP contribution in [0.15, 0.2) is 73.3 Å². The summed E-state index contributed by atoms with van der Waals surface area (Å²) in [5, 5.41) is 0. The second kappa shape index (κ2) is 8.88. The van der Waals surface area contributed by atoms with Gasteiger partial charge in [-0.25, -0.2) is 0 Å².